The number of carbonyl (C=O) groups is 1. The zero-order valence-corrected chi connectivity index (χ0v) is 10.7. The molecule has 0 bridgehead atoms. The van der Waals surface area contributed by atoms with Crippen molar-refractivity contribution in [2.75, 3.05) is 0 Å². The molecule has 100 valence electrons. The number of aromatic hydroxyl groups is 1. The summed E-state index contributed by atoms with van der Waals surface area (Å²) in [6.45, 7) is 3.32. The SMILES string of the molecule is Cc1nnc([C@H](C)OC(=O)Cc2cccc(O)c2)o1. The maximum absolute atomic E-state index is 11.7. The molecule has 1 heterocycles. The minimum atomic E-state index is -0.592. The smallest absolute Gasteiger partial charge is 0.311 e. The molecular weight excluding hydrogens is 248 g/mol. The van der Waals surface area contributed by atoms with Gasteiger partial charge in [-0.3, -0.25) is 4.79 Å². The number of ether oxygens (including phenoxy) is 1. The molecule has 2 aromatic rings. The third-order valence-corrected chi connectivity index (χ3v) is 2.46. The zero-order valence-electron chi connectivity index (χ0n) is 10.7. The predicted molar refractivity (Wildman–Crippen MR) is 65.4 cm³/mol. The second-order valence-electron chi connectivity index (χ2n) is 4.14. The average Bonchev–Trinajstić information content (AvgIpc) is 2.75. The first kappa shape index (κ1) is 13.1. The Bertz CT molecular complexity index is 580. The number of nitrogens with zero attached hydrogens (tertiary/aromatic N) is 2. The summed E-state index contributed by atoms with van der Waals surface area (Å²) in [6.07, 6.45) is -0.516. The van der Waals surface area contributed by atoms with E-state index in [4.69, 9.17) is 9.15 Å². The van der Waals surface area contributed by atoms with Gasteiger partial charge in [0.15, 0.2) is 6.10 Å². The molecule has 1 N–H and O–H groups in total. The molecule has 0 unspecified atom stereocenters. The Morgan fingerprint density at radius 3 is 2.89 bits per heavy atom. The van der Waals surface area contributed by atoms with E-state index < -0.39 is 12.1 Å². The van der Waals surface area contributed by atoms with E-state index >= 15 is 0 Å². The molecule has 1 aromatic heterocycles. The lowest BCUT2D eigenvalue weighted by atomic mass is 10.1. The van der Waals surface area contributed by atoms with Gasteiger partial charge >= 0.3 is 5.97 Å². The number of rotatable bonds is 4. The Kier molecular flexibility index (Phi) is 3.79. The first-order chi connectivity index (χ1) is 9.04. The van der Waals surface area contributed by atoms with Gasteiger partial charge in [-0.25, -0.2) is 0 Å². The van der Waals surface area contributed by atoms with Crippen molar-refractivity contribution in [3.8, 4) is 5.75 Å². The van der Waals surface area contributed by atoms with Crippen LogP contribution in [-0.2, 0) is 16.0 Å². The van der Waals surface area contributed by atoms with E-state index in [1.165, 1.54) is 6.07 Å². The van der Waals surface area contributed by atoms with Gasteiger partial charge in [-0.1, -0.05) is 12.1 Å². The van der Waals surface area contributed by atoms with Crippen LogP contribution in [0.15, 0.2) is 28.7 Å². The molecule has 6 heteroatoms. The van der Waals surface area contributed by atoms with E-state index in [1.807, 2.05) is 0 Å². The van der Waals surface area contributed by atoms with Gasteiger partial charge in [0.1, 0.15) is 5.75 Å². The van der Waals surface area contributed by atoms with Crippen LogP contribution in [0, 0.1) is 6.92 Å². The van der Waals surface area contributed by atoms with Crippen LogP contribution >= 0.6 is 0 Å². The molecule has 0 saturated carbocycles. The fourth-order valence-electron chi connectivity index (χ4n) is 1.60. The van der Waals surface area contributed by atoms with E-state index in [0.29, 0.717) is 11.5 Å². The highest BCUT2D eigenvalue weighted by Crippen LogP contribution is 2.17. The standard InChI is InChI=1S/C13H14N2O4/c1-8(13-15-14-9(2)19-13)18-12(17)7-10-4-3-5-11(16)6-10/h3-6,8,16H,7H2,1-2H3/t8-/m0/s1. The number of hydrogen-bond donors (Lipinski definition) is 1. The second kappa shape index (κ2) is 5.51. The number of carbonyl (C=O) groups excluding carboxylic acids is 1. The van der Waals surface area contributed by atoms with Crippen molar-refractivity contribution in [3.63, 3.8) is 0 Å². The Labute approximate surface area is 110 Å². The summed E-state index contributed by atoms with van der Waals surface area (Å²) >= 11 is 0. The molecule has 19 heavy (non-hydrogen) atoms. The summed E-state index contributed by atoms with van der Waals surface area (Å²) in [5.41, 5.74) is 0.680. The van der Waals surface area contributed by atoms with Crippen molar-refractivity contribution in [3.05, 3.63) is 41.6 Å². The minimum absolute atomic E-state index is 0.0753. The summed E-state index contributed by atoms with van der Waals surface area (Å²) in [5, 5.41) is 16.8. The van der Waals surface area contributed by atoms with Gasteiger partial charge in [0, 0.05) is 6.92 Å². The molecular formula is C13H14N2O4. The third-order valence-electron chi connectivity index (χ3n) is 2.46. The van der Waals surface area contributed by atoms with Crippen molar-refractivity contribution in [2.45, 2.75) is 26.4 Å². The molecule has 0 fully saturated rings. The van der Waals surface area contributed by atoms with Gasteiger partial charge in [0.05, 0.1) is 6.42 Å². The third kappa shape index (κ3) is 3.54. The number of hydrogen-bond acceptors (Lipinski definition) is 6. The quantitative estimate of drug-likeness (QED) is 0.847. The molecule has 2 rings (SSSR count). The molecule has 0 amide bonds. The first-order valence-corrected chi connectivity index (χ1v) is 5.82. The lowest BCUT2D eigenvalue weighted by Crippen LogP contribution is -2.11. The van der Waals surface area contributed by atoms with Crippen molar-refractivity contribution < 1.29 is 19.1 Å². The van der Waals surface area contributed by atoms with Crippen LogP contribution in [0.2, 0.25) is 0 Å². The topological polar surface area (TPSA) is 85.5 Å². The van der Waals surface area contributed by atoms with E-state index in [9.17, 15) is 9.90 Å². The Balaban J connectivity index is 1.94. The molecule has 0 radical (unpaired) electrons. The summed E-state index contributed by atoms with van der Waals surface area (Å²) in [7, 11) is 0. The van der Waals surface area contributed by atoms with Crippen LogP contribution in [0.3, 0.4) is 0 Å². The van der Waals surface area contributed by atoms with Gasteiger partial charge in [-0.2, -0.15) is 0 Å². The predicted octanol–water partition coefficient (Wildman–Crippen LogP) is 1.93. The van der Waals surface area contributed by atoms with Gasteiger partial charge in [0.2, 0.25) is 5.89 Å². The fourth-order valence-corrected chi connectivity index (χ4v) is 1.60. The minimum Gasteiger partial charge on any atom is -0.508 e. The highest BCUT2D eigenvalue weighted by atomic mass is 16.6. The monoisotopic (exact) mass is 262 g/mol. The summed E-state index contributed by atoms with van der Waals surface area (Å²) in [6, 6.07) is 6.46. The number of aryl methyl sites for hydroxylation is 1. The van der Waals surface area contributed by atoms with Crippen molar-refractivity contribution in [1.82, 2.24) is 10.2 Å². The normalized spacial score (nSPS) is 12.1. The average molecular weight is 262 g/mol. The lowest BCUT2D eigenvalue weighted by Gasteiger charge is -2.09. The number of aromatic nitrogens is 2. The maximum atomic E-state index is 11.7. The largest absolute Gasteiger partial charge is 0.508 e. The second-order valence-corrected chi connectivity index (χ2v) is 4.14. The molecule has 0 spiro atoms. The van der Waals surface area contributed by atoms with Crippen LogP contribution in [-0.4, -0.2) is 21.3 Å². The van der Waals surface area contributed by atoms with Crippen molar-refractivity contribution in [1.29, 1.82) is 0 Å². The Hall–Kier alpha value is -2.37. The van der Waals surface area contributed by atoms with Gasteiger partial charge in [0.25, 0.3) is 5.89 Å². The first-order valence-electron chi connectivity index (χ1n) is 5.82. The van der Waals surface area contributed by atoms with Gasteiger partial charge in [-0.15, -0.1) is 10.2 Å². The summed E-state index contributed by atoms with van der Waals surface area (Å²) in [4.78, 5) is 11.7. The number of phenols is 1. The lowest BCUT2D eigenvalue weighted by molar-refractivity contribution is -0.148. The molecule has 0 aliphatic carbocycles. The van der Waals surface area contributed by atoms with Crippen molar-refractivity contribution >= 4 is 5.97 Å². The van der Waals surface area contributed by atoms with Crippen LogP contribution in [0.4, 0.5) is 0 Å². The molecule has 0 aliphatic heterocycles. The highest BCUT2D eigenvalue weighted by Gasteiger charge is 2.17. The van der Waals surface area contributed by atoms with E-state index in [-0.39, 0.29) is 18.1 Å². The zero-order chi connectivity index (χ0) is 13.8. The number of esters is 1. The number of benzene rings is 1. The summed E-state index contributed by atoms with van der Waals surface area (Å²) < 4.78 is 10.4. The van der Waals surface area contributed by atoms with Crippen LogP contribution in [0.1, 0.15) is 30.4 Å². The molecule has 6 nitrogen and oxygen atoms in total. The Morgan fingerprint density at radius 2 is 2.26 bits per heavy atom. The van der Waals surface area contributed by atoms with E-state index in [2.05, 4.69) is 10.2 Å². The molecule has 1 aromatic carbocycles. The van der Waals surface area contributed by atoms with Gasteiger partial charge < -0.3 is 14.3 Å². The van der Waals surface area contributed by atoms with E-state index in [1.54, 1.807) is 32.0 Å². The van der Waals surface area contributed by atoms with Crippen molar-refractivity contribution in [2.24, 2.45) is 0 Å². The number of phenolic OH excluding ortho intramolecular Hbond substituents is 1. The maximum Gasteiger partial charge on any atom is 0.311 e. The van der Waals surface area contributed by atoms with Crippen LogP contribution < -0.4 is 0 Å². The molecule has 0 saturated heterocycles. The van der Waals surface area contributed by atoms with Crippen LogP contribution in [0.25, 0.3) is 0 Å². The van der Waals surface area contributed by atoms with E-state index in [0.717, 1.165) is 0 Å². The molecule has 0 aliphatic rings. The summed E-state index contributed by atoms with van der Waals surface area (Å²) in [5.74, 6) is 0.382. The highest BCUT2D eigenvalue weighted by molar-refractivity contribution is 5.72. The van der Waals surface area contributed by atoms with Gasteiger partial charge in [-0.05, 0) is 24.6 Å². The Morgan fingerprint density at radius 1 is 1.47 bits per heavy atom. The molecule has 1 atom stereocenters. The van der Waals surface area contributed by atoms with Crippen LogP contribution in [0.5, 0.6) is 5.75 Å². The fraction of sp³-hybridized carbons (Fsp3) is 0.308.